The normalized spacial score (nSPS) is 17.3. The molecule has 1 unspecified atom stereocenters. The van der Waals surface area contributed by atoms with Crippen molar-refractivity contribution in [3.63, 3.8) is 0 Å². The van der Waals surface area contributed by atoms with Crippen LogP contribution < -0.4 is 9.47 Å². The summed E-state index contributed by atoms with van der Waals surface area (Å²) in [6.45, 7) is 2.58. The Morgan fingerprint density at radius 2 is 2.04 bits per heavy atom. The summed E-state index contributed by atoms with van der Waals surface area (Å²) in [7, 11) is 3.13. The molecule has 1 aliphatic rings. The molecule has 122 valence electrons. The van der Waals surface area contributed by atoms with Crippen LogP contribution in [-0.2, 0) is 0 Å². The summed E-state index contributed by atoms with van der Waals surface area (Å²) in [6.07, 6.45) is 1.83. The molecule has 0 saturated carbocycles. The van der Waals surface area contributed by atoms with Gasteiger partial charge in [-0.25, -0.2) is 0 Å². The quantitative estimate of drug-likeness (QED) is 0.867. The average molecular weight is 316 g/mol. The van der Waals surface area contributed by atoms with E-state index in [2.05, 4.69) is 5.16 Å². The van der Waals surface area contributed by atoms with Crippen molar-refractivity contribution < 1.29 is 18.8 Å². The molecule has 1 amide bonds. The number of likely N-dealkylation sites (tertiary alicyclic amines) is 1. The number of carbonyl (C=O) groups excluding carboxylic acids is 1. The molecular formula is C17H20N2O4. The molecular weight excluding hydrogens is 296 g/mol. The lowest BCUT2D eigenvalue weighted by Gasteiger charge is -2.23. The van der Waals surface area contributed by atoms with Gasteiger partial charge in [0, 0.05) is 18.2 Å². The van der Waals surface area contributed by atoms with Gasteiger partial charge in [0.2, 0.25) is 0 Å². The number of amides is 1. The Morgan fingerprint density at radius 3 is 2.70 bits per heavy atom. The van der Waals surface area contributed by atoms with E-state index in [9.17, 15) is 4.79 Å². The molecule has 1 fully saturated rings. The van der Waals surface area contributed by atoms with Crippen LogP contribution in [0.15, 0.2) is 28.8 Å². The third kappa shape index (κ3) is 2.88. The van der Waals surface area contributed by atoms with Gasteiger partial charge in [0.25, 0.3) is 5.91 Å². The number of benzene rings is 1. The number of aromatic nitrogens is 1. The lowest BCUT2D eigenvalue weighted by molar-refractivity contribution is 0.0714. The van der Waals surface area contributed by atoms with E-state index in [1.54, 1.807) is 32.4 Å². The zero-order valence-corrected chi connectivity index (χ0v) is 13.5. The largest absolute Gasteiger partial charge is 0.493 e. The van der Waals surface area contributed by atoms with E-state index in [1.165, 1.54) is 0 Å². The van der Waals surface area contributed by atoms with Crippen LogP contribution in [0.5, 0.6) is 11.5 Å². The van der Waals surface area contributed by atoms with Gasteiger partial charge < -0.3 is 18.9 Å². The van der Waals surface area contributed by atoms with Crippen LogP contribution in [0, 0.1) is 6.92 Å². The molecule has 1 aromatic heterocycles. The lowest BCUT2D eigenvalue weighted by atomic mass is 10.1. The summed E-state index contributed by atoms with van der Waals surface area (Å²) >= 11 is 0. The minimum Gasteiger partial charge on any atom is -0.493 e. The van der Waals surface area contributed by atoms with Crippen LogP contribution in [0.2, 0.25) is 0 Å². The highest BCUT2D eigenvalue weighted by Gasteiger charge is 2.33. The van der Waals surface area contributed by atoms with Gasteiger partial charge in [0.15, 0.2) is 17.3 Å². The molecule has 2 aromatic rings. The van der Waals surface area contributed by atoms with Gasteiger partial charge >= 0.3 is 0 Å². The van der Waals surface area contributed by atoms with Gasteiger partial charge in [-0.05, 0) is 38.0 Å². The number of rotatable bonds is 4. The third-order valence-electron chi connectivity index (χ3n) is 4.12. The van der Waals surface area contributed by atoms with Gasteiger partial charge in [0.05, 0.1) is 26.0 Å². The Kier molecular flexibility index (Phi) is 4.23. The van der Waals surface area contributed by atoms with Crippen molar-refractivity contribution >= 4 is 5.91 Å². The number of nitrogens with zero attached hydrogens (tertiary/aromatic N) is 2. The van der Waals surface area contributed by atoms with Crippen molar-refractivity contribution in [2.24, 2.45) is 0 Å². The van der Waals surface area contributed by atoms with Crippen LogP contribution in [-0.4, -0.2) is 36.7 Å². The van der Waals surface area contributed by atoms with E-state index in [-0.39, 0.29) is 11.9 Å². The second-order valence-electron chi connectivity index (χ2n) is 5.60. The van der Waals surface area contributed by atoms with E-state index in [0.717, 1.165) is 24.3 Å². The zero-order chi connectivity index (χ0) is 16.4. The van der Waals surface area contributed by atoms with Crippen molar-refractivity contribution in [1.82, 2.24) is 10.1 Å². The highest BCUT2D eigenvalue weighted by atomic mass is 16.5. The minimum atomic E-state index is -0.0585. The fraction of sp³-hybridized carbons (Fsp3) is 0.412. The van der Waals surface area contributed by atoms with Gasteiger partial charge in [0.1, 0.15) is 0 Å². The topological polar surface area (TPSA) is 64.8 Å². The molecule has 0 bridgehead atoms. The Bertz CT molecular complexity index is 710. The number of methoxy groups -OCH3 is 2. The maximum atomic E-state index is 12.9. The third-order valence-corrected chi connectivity index (χ3v) is 4.12. The molecule has 0 radical (unpaired) electrons. The SMILES string of the molecule is COc1ccc(C(=O)N2CCCC2c2cc(C)no2)cc1OC. The summed E-state index contributed by atoms with van der Waals surface area (Å²) in [5.74, 6) is 1.86. The molecule has 1 aliphatic heterocycles. The highest BCUT2D eigenvalue weighted by Crippen LogP contribution is 2.35. The number of hydrogen-bond donors (Lipinski definition) is 0. The van der Waals surface area contributed by atoms with Crippen LogP contribution in [0.25, 0.3) is 0 Å². The van der Waals surface area contributed by atoms with Gasteiger partial charge in [-0.3, -0.25) is 4.79 Å². The predicted molar refractivity (Wildman–Crippen MR) is 83.8 cm³/mol. The smallest absolute Gasteiger partial charge is 0.254 e. The Balaban J connectivity index is 1.87. The Labute approximate surface area is 135 Å². The Hall–Kier alpha value is -2.50. The van der Waals surface area contributed by atoms with E-state index in [1.807, 2.05) is 17.9 Å². The molecule has 6 heteroatoms. The summed E-state index contributed by atoms with van der Waals surface area (Å²) in [5, 5.41) is 3.93. The van der Waals surface area contributed by atoms with E-state index in [0.29, 0.717) is 23.6 Å². The predicted octanol–water partition coefficient (Wildman–Crippen LogP) is 2.98. The van der Waals surface area contributed by atoms with Crippen molar-refractivity contribution in [1.29, 1.82) is 0 Å². The zero-order valence-electron chi connectivity index (χ0n) is 13.5. The summed E-state index contributed by atoms with van der Waals surface area (Å²) in [5.41, 5.74) is 1.40. The minimum absolute atomic E-state index is 0.0393. The molecule has 6 nitrogen and oxygen atoms in total. The summed E-state index contributed by atoms with van der Waals surface area (Å²) < 4.78 is 15.9. The lowest BCUT2D eigenvalue weighted by Crippen LogP contribution is -2.30. The monoisotopic (exact) mass is 316 g/mol. The van der Waals surface area contributed by atoms with Crippen LogP contribution >= 0.6 is 0 Å². The number of hydrogen-bond acceptors (Lipinski definition) is 5. The van der Waals surface area contributed by atoms with Gasteiger partial charge in [-0.1, -0.05) is 5.16 Å². The first-order valence-corrected chi connectivity index (χ1v) is 7.60. The van der Waals surface area contributed by atoms with Crippen LogP contribution in [0.4, 0.5) is 0 Å². The fourth-order valence-electron chi connectivity index (χ4n) is 2.98. The van der Waals surface area contributed by atoms with Crippen LogP contribution in [0.3, 0.4) is 0 Å². The molecule has 0 N–H and O–H groups in total. The van der Waals surface area contributed by atoms with Crippen molar-refractivity contribution in [3.8, 4) is 11.5 Å². The molecule has 3 rings (SSSR count). The van der Waals surface area contributed by atoms with Gasteiger partial charge in [-0.15, -0.1) is 0 Å². The number of carbonyl (C=O) groups is 1. The van der Waals surface area contributed by atoms with Gasteiger partial charge in [-0.2, -0.15) is 0 Å². The first-order chi connectivity index (χ1) is 11.1. The maximum absolute atomic E-state index is 12.9. The van der Waals surface area contributed by atoms with Crippen molar-refractivity contribution in [2.45, 2.75) is 25.8 Å². The molecule has 0 spiro atoms. The average Bonchev–Trinajstić information content (AvgIpc) is 3.21. The maximum Gasteiger partial charge on any atom is 0.254 e. The van der Waals surface area contributed by atoms with Crippen LogP contribution in [0.1, 0.15) is 40.7 Å². The Morgan fingerprint density at radius 1 is 1.26 bits per heavy atom. The second-order valence-corrected chi connectivity index (χ2v) is 5.60. The summed E-state index contributed by atoms with van der Waals surface area (Å²) in [6, 6.07) is 7.05. The molecule has 1 saturated heterocycles. The standard InChI is InChI=1S/C17H20N2O4/c1-11-9-15(23-18-11)13-5-4-8-19(13)17(20)12-6-7-14(21-2)16(10-12)22-3/h6-7,9-10,13H,4-5,8H2,1-3H3. The molecule has 1 aromatic carbocycles. The number of aryl methyl sites for hydroxylation is 1. The molecule has 0 aliphatic carbocycles. The first-order valence-electron chi connectivity index (χ1n) is 7.60. The number of ether oxygens (including phenoxy) is 2. The fourth-order valence-corrected chi connectivity index (χ4v) is 2.98. The van der Waals surface area contributed by atoms with E-state index < -0.39 is 0 Å². The molecule has 1 atom stereocenters. The highest BCUT2D eigenvalue weighted by molar-refractivity contribution is 5.95. The van der Waals surface area contributed by atoms with E-state index in [4.69, 9.17) is 14.0 Å². The summed E-state index contributed by atoms with van der Waals surface area (Å²) in [4.78, 5) is 14.7. The second kappa shape index (κ2) is 6.32. The first kappa shape index (κ1) is 15.4. The van der Waals surface area contributed by atoms with E-state index >= 15 is 0 Å². The molecule has 2 heterocycles. The molecule has 23 heavy (non-hydrogen) atoms. The van der Waals surface area contributed by atoms with Crippen molar-refractivity contribution in [3.05, 3.63) is 41.3 Å². The van der Waals surface area contributed by atoms with Crippen molar-refractivity contribution in [2.75, 3.05) is 20.8 Å².